The lowest BCUT2D eigenvalue weighted by Crippen LogP contribution is -2.46. The normalized spacial score (nSPS) is 18.0. The Bertz CT molecular complexity index is 697. The van der Waals surface area contributed by atoms with Gasteiger partial charge in [0, 0.05) is 12.8 Å². The van der Waals surface area contributed by atoms with E-state index in [0.29, 0.717) is 5.56 Å². The summed E-state index contributed by atoms with van der Waals surface area (Å²) in [7, 11) is 0. The van der Waals surface area contributed by atoms with E-state index in [9.17, 15) is 9.90 Å². The Kier molecular flexibility index (Phi) is 5.69. The highest BCUT2D eigenvalue weighted by molar-refractivity contribution is 5.80. The van der Waals surface area contributed by atoms with E-state index >= 15 is 0 Å². The number of nitrogens with zero attached hydrogens (tertiary/aromatic N) is 2. The molecular weight excluding hydrogens is 324 g/mol. The molecule has 0 aromatic heterocycles. The molecule has 2 heterocycles. The maximum atomic E-state index is 11.4. The van der Waals surface area contributed by atoms with Crippen LogP contribution in [0.15, 0.2) is 12.1 Å². The Hall–Kier alpha value is -1.84. The van der Waals surface area contributed by atoms with Gasteiger partial charge < -0.3 is 5.11 Å². The summed E-state index contributed by atoms with van der Waals surface area (Å²) in [4.78, 5) is 13.9. The number of phenols is 1. The van der Waals surface area contributed by atoms with Crippen LogP contribution < -0.4 is 0 Å². The van der Waals surface area contributed by atoms with E-state index in [1.807, 2.05) is 6.07 Å². The van der Waals surface area contributed by atoms with Gasteiger partial charge in [-0.25, -0.2) is 0 Å². The quantitative estimate of drug-likeness (QED) is 0.645. The van der Waals surface area contributed by atoms with Crippen LogP contribution in [-0.2, 0) is 11.8 Å². The number of aldehydes is 1. The van der Waals surface area contributed by atoms with Crippen LogP contribution in [-0.4, -0.2) is 52.9 Å². The Morgan fingerprint density at radius 1 is 1.19 bits per heavy atom. The number of aryl methyl sites for hydroxylation is 1. The number of amidine groups is 1. The van der Waals surface area contributed by atoms with Crippen molar-refractivity contribution in [1.82, 2.24) is 4.90 Å². The summed E-state index contributed by atoms with van der Waals surface area (Å²) in [5, 5.41) is 10.4. The van der Waals surface area contributed by atoms with Crippen LogP contribution in [0.1, 0.15) is 74.4 Å². The standard InChI is InChI=1S/C22H32N2O2/c1-22(2,3)19-14-17(21(26)18(15-19)16-25)8-6-11-24-13-7-12-23-10-5-4-9-20(23)24/h14-16H,4-13H2,1-3H3/p+1. The number of benzene rings is 1. The minimum atomic E-state index is -0.0362. The molecule has 0 atom stereocenters. The van der Waals surface area contributed by atoms with Crippen molar-refractivity contribution in [3.8, 4) is 5.75 Å². The largest absolute Gasteiger partial charge is 0.507 e. The van der Waals surface area contributed by atoms with Gasteiger partial charge in [-0.3, -0.25) is 14.3 Å². The Morgan fingerprint density at radius 3 is 2.69 bits per heavy atom. The zero-order valence-corrected chi connectivity index (χ0v) is 16.6. The fourth-order valence-corrected chi connectivity index (χ4v) is 4.19. The molecule has 1 N–H and O–H groups in total. The molecule has 1 aromatic carbocycles. The second kappa shape index (κ2) is 7.81. The molecule has 26 heavy (non-hydrogen) atoms. The van der Waals surface area contributed by atoms with Crippen molar-refractivity contribution in [2.75, 3.05) is 26.2 Å². The lowest BCUT2D eigenvalue weighted by molar-refractivity contribution is -0.544. The van der Waals surface area contributed by atoms with E-state index in [1.165, 1.54) is 44.6 Å². The minimum Gasteiger partial charge on any atom is -0.507 e. The molecule has 0 unspecified atom stereocenters. The molecule has 0 saturated heterocycles. The molecule has 1 aromatic rings. The molecule has 142 valence electrons. The van der Waals surface area contributed by atoms with Gasteiger partial charge in [-0.1, -0.05) is 26.8 Å². The molecule has 3 rings (SSSR count). The molecular formula is C22H33N2O2+. The van der Waals surface area contributed by atoms with Crippen molar-refractivity contribution in [2.24, 2.45) is 0 Å². The Balaban J connectivity index is 1.70. The number of carbonyl (C=O) groups is 1. The lowest BCUT2D eigenvalue weighted by atomic mass is 9.84. The van der Waals surface area contributed by atoms with Crippen LogP contribution in [0.3, 0.4) is 0 Å². The van der Waals surface area contributed by atoms with E-state index < -0.39 is 0 Å². The van der Waals surface area contributed by atoms with Crippen molar-refractivity contribution >= 4 is 12.1 Å². The van der Waals surface area contributed by atoms with E-state index in [4.69, 9.17) is 0 Å². The van der Waals surface area contributed by atoms with Gasteiger partial charge in [-0.05, 0) is 48.3 Å². The number of phenolic OH excluding ortho intramolecular Hbond substituents is 1. The summed E-state index contributed by atoms with van der Waals surface area (Å²) in [5.41, 5.74) is 2.39. The third-order valence-electron chi connectivity index (χ3n) is 5.75. The first kappa shape index (κ1) is 18.9. The maximum absolute atomic E-state index is 11.4. The average Bonchev–Trinajstić information content (AvgIpc) is 2.62. The molecule has 0 radical (unpaired) electrons. The molecule has 2 aliphatic rings. The van der Waals surface area contributed by atoms with Crippen molar-refractivity contribution in [3.05, 3.63) is 28.8 Å². The molecule has 0 aliphatic carbocycles. The van der Waals surface area contributed by atoms with Gasteiger partial charge in [0.2, 0.25) is 5.84 Å². The molecule has 0 saturated carbocycles. The predicted molar refractivity (Wildman–Crippen MR) is 106 cm³/mol. The first-order chi connectivity index (χ1) is 12.4. The van der Waals surface area contributed by atoms with Crippen molar-refractivity contribution < 1.29 is 14.5 Å². The zero-order chi connectivity index (χ0) is 18.7. The zero-order valence-electron chi connectivity index (χ0n) is 16.6. The van der Waals surface area contributed by atoms with E-state index in [-0.39, 0.29) is 11.2 Å². The van der Waals surface area contributed by atoms with E-state index in [2.05, 4.69) is 36.3 Å². The summed E-state index contributed by atoms with van der Waals surface area (Å²) in [6.45, 7) is 11.0. The van der Waals surface area contributed by atoms with Crippen LogP contribution in [0, 0.1) is 0 Å². The number of carbonyl (C=O) groups excluding carboxylic acids is 1. The van der Waals surface area contributed by atoms with E-state index in [1.54, 1.807) is 0 Å². The highest BCUT2D eigenvalue weighted by Gasteiger charge is 2.29. The fraction of sp³-hybridized carbons (Fsp3) is 0.636. The third-order valence-corrected chi connectivity index (χ3v) is 5.75. The topological polar surface area (TPSA) is 43.5 Å². The monoisotopic (exact) mass is 357 g/mol. The fourth-order valence-electron chi connectivity index (χ4n) is 4.19. The number of hydrogen-bond acceptors (Lipinski definition) is 3. The van der Waals surface area contributed by atoms with Gasteiger partial charge in [0.15, 0.2) is 6.29 Å². The summed E-state index contributed by atoms with van der Waals surface area (Å²) >= 11 is 0. The number of aromatic hydroxyl groups is 1. The van der Waals surface area contributed by atoms with Gasteiger partial charge in [0.25, 0.3) is 0 Å². The van der Waals surface area contributed by atoms with Gasteiger partial charge in [-0.15, -0.1) is 0 Å². The van der Waals surface area contributed by atoms with Gasteiger partial charge in [-0.2, -0.15) is 0 Å². The van der Waals surface area contributed by atoms with Crippen LogP contribution in [0.5, 0.6) is 5.75 Å². The second-order valence-corrected chi connectivity index (χ2v) is 8.75. The van der Waals surface area contributed by atoms with Gasteiger partial charge >= 0.3 is 0 Å². The van der Waals surface area contributed by atoms with Crippen LogP contribution >= 0.6 is 0 Å². The molecule has 0 amide bonds. The lowest BCUT2D eigenvalue weighted by Gasteiger charge is -2.30. The molecule has 0 bridgehead atoms. The second-order valence-electron chi connectivity index (χ2n) is 8.75. The predicted octanol–water partition coefficient (Wildman–Crippen LogP) is 3.74. The Morgan fingerprint density at radius 2 is 1.96 bits per heavy atom. The molecule has 4 heteroatoms. The van der Waals surface area contributed by atoms with Crippen molar-refractivity contribution in [2.45, 2.75) is 64.7 Å². The summed E-state index contributed by atoms with van der Waals surface area (Å²) < 4.78 is 2.56. The van der Waals surface area contributed by atoms with Crippen LogP contribution in [0.25, 0.3) is 0 Å². The third kappa shape index (κ3) is 4.11. The molecule has 4 nitrogen and oxygen atoms in total. The minimum absolute atomic E-state index is 0.0362. The number of rotatable bonds is 5. The summed E-state index contributed by atoms with van der Waals surface area (Å²) in [5.74, 6) is 1.70. The first-order valence-electron chi connectivity index (χ1n) is 10.1. The maximum Gasteiger partial charge on any atom is 0.246 e. The number of hydrogen-bond donors (Lipinski definition) is 1. The van der Waals surface area contributed by atoms with Gasteiger partial charge in [0.1, 0.15) is 5.75 Å². The highest BCUT2D eigenvalue weighted by Crippen LogP contribution is 2.31. The Labute approximate surface area is 157 Å². The van der Waals surface area contributed by atoms with Gasteiger partial charge in [0.05, 0.1) is 31.7 Å². The average molecular weight is 358 g/mol. The highest BCUT2D eigenvalue weighted by atomic mass is 16.3. The van der Waals surface area contributed by atoms with Crippen molar-refractivity contribution in [3.63, 3.8) is 0 Å². The van der Waals surface area contributed by atoms with Crippen molar-refractivity contribution in [1.29, 1.82) is 0 Å². The van der Waals surface area contributed by atoms with Crippen LogP contribution in [0.4, 0.5) is 0 Å². The SMILES string of the molecule is CC(C)(C)c1cc(C=O)c(O)c(CCCN2CCC[N+]3=C2CCCC3)c1. The first-order valence-corrected chi connectivity index (χ1v) is 10.1. The van der Waals surface area contributed by atoms with E-state index in [0.717, 1.165) is 43.3 Å². The smallest absolute Gasteiger partial charge is 0.246 e. The summed E-state index contributed by atoms with van der Waals surface area (Å²) in [6.07, 6.45) is 7.65. The molecule has 0 fully saturated rings. The molecule has 2 aliphatic heterocycles. The van der Waals surface area contributed by atoms with Crippen LogP contribution in [0.2, 0.25) is 0 Å². The molecule has 0 spiro atoms. The summed E-state index contributed by atoms with van der Waals surface area (Å²) in [6, 6.07) is 3.91.